The Morgan fingerprint density at radius 1 is 1.10 bits per heavy atom. The van der Waals surface area contributed by atoms with Crippen molar-refractivity contribution in [1.29, 1.82) is 0 Å². The molecule has 0 unspecified atom stereocenters. The highest BCUT2D eigenvalue weighted by molar-refractivity contribution is 7.92. The van der Waals surface area contributed by atoms with Crippen molar-refractivity contribution < 1.29 is 22.7 Å². The summed E-state index contributed by atoms with van der Waals surface area (Å²) in [7, 11) is -3.71. The summed E-state index contributed by atoms with van der Waals surface area (Å²) in [6.45, 7) is 0. The number of benzene rings is 2. The number of carbonyl (C=O) groups is 1. The number of halogens is 1. The van der Waals surface area contributed by atoms with E-state index in [1.54, 1.807) is 0 Å². The van der Waals surface area contributed by atoms with Crippen LogP contribution in [0.4, 0.5) is 15.8 Å². The summed E-state index contributed by atoms with van der Waals surface area (Å²) < 4.78 is 37.9. The van der Waals surface area contributed by atoms with Crippen LogP contribution in [0.2, 0.25) is 0 Å². The van der Waals surface area contributed by atoms with Crippen LogP contribution in [0.15, 0.2) is 48.5 Å². The van der Waals surface area contributed by atoms with E-state index in [1.807, 2.05) is 0 Å². The van der Waals surface area contributed by atoms with Gasteiger partial charge < -0.3 is 5.11 Å². The van der Waals surface area contributed by atoms with Gasteiger partial charge in [-0.3, -0.25) is 0 Å². The zero-order valence-electron chi connectivity index (χ0n) is 11.0. The average molecular weight is 309 g/mol. The Morgan fingerprint density at radius 3 is 2.24 bits per heavy atom. The van der Waals surface area contributed by atoms with Crippen LogP contribution in [0, 0.1) is 5.82 Å². The number of aromatic carboxylic acids is 1. The fourth-order valence-electron chi connectivity index (χ4n) is 1.87. The van der Waals surface area contributed by atoms with E-state index in [9.17, 15) is 17.6 Å². The lowest BCUT2D eigenvalue weighted by Crippen LogP contribution is -2.24. The first-order chi connectivity index (χ1) is 9.79. The molecule has 0 fully saturated rings. The number of hydrogen-bond acceptors (Lipinski definition) is 3. The SMILES string of the molecule is CS(=O)(=O)N(c1ccc(F)cc1)c1cccc(C(=O)O)c1. The molecule has 0 aliphatic heterocycles. The van der Waals surface area contributed by atoms with Gasteiger partial charge in [-0.05, 0) is 42.5 Å². The summed E-state index contributed by atoms with van der Waals surface area (Å²) >= 11 is 0. The van der Waals surface area contributed by atoms with Gasteiger partial charge in [0.15, 0.2) is 0 Å². The molecule has 110 valence electrons. The van der Waals surface area contributed by atoms with Crippen molar-refractivity contribution in [3.05, 3.63) is 59.9 Å². The molecule has 0 spiro atoms. The number of rotatable bonds is 4. The van der Waals surface area contributed by atoms with Crippen molar-refractivity contribution in [2.45, 2.75) is 0 Å². The summed E-state index contributed by atoms with van der Waals surface area (Å²) in [6, 6.07) is 10.4. The monoisotopic (exact) mass is 309 g/mol. The van der Waals surface area contributed by atoms with E-state index in [0.29, 0.717) is 0 Å². The number of nitrogens with zero attached hydrogens (tertiary/aromatic N) is 1. The largest absolute Gasteiger partial charge is 0.478 e. The third-order valence-electron chi connectivity index (χ3n) is 2.72. The molecule has 0 aromatic heterocycles. The van der Waals surface area contributed by atoms with Gasteiger partial charge in [-0.2, -0.15) is 0 Å². The minimum absolute atomic E-state index is 0.0386. The second-order valence-corrected chi connectivity index (χ2v) is 6.19. The fraction of sp³-hybridized carbons (Fsp3) is 0.0714. The second kappa shape index (κ2) is 5.53. The molecule has 0 aliphatic rings. The van der Waals surface area contributed by atoms with Gasteiger partial charge >= 0.3 is 5.97 Å². The van der Waals surface area contributed by atoms with Gasteiger partial charge in [0.25, 0.3) is 0 Å². The Morgan fingerprint density at radius 2 is 1.71 bits per heavy atom. The molecular formula is C14H12FNO4S. The minimum Gasteiger partial charge on any atom is -0.478 e. The maximum absolute atomic E-state index is 13.0. The summed E-state index contributed by atoms with van der Waals surface area (Å²) in [5.41, 5.74) is 0.355. The van der Waals surface area contributed by atoms with Gasteiger partial charge in [-0.25, -0.2) is 21.9 Å². The van der Waals surface area contributed by atoms with Crippen molar-refractivity contribution in [3.8, 4) is 0 Å². The van der Waals surface area contributed by atoms with E-state index in [0.717, 1.165) is 22.7 Å². The molecule has 0 saturated heterocycles. The van der Waals surface area contributed by atoms with E-state index in [4.69, 9.17) is 5.11 Å². The van der Waals surface area contributed by atoms with E-state index in [-0.39, 0.29) is 16.9 Å². The Kier molecular flexibility index (Phi) is 3.95. The molecule has 0 atom stereocenters. The zero-order chi connectivity index (χ0) is 15.6. The topological polar surface area (TPSA) is 74.7 Å². The Balaban J connectivity index is 2.59. The number of carboxylic acids is 1. The van der Waals surface area contributed by atoms with Crippen LogP contribution in [0.3, 0.4) is 0 Å². The molecule has 0 bridgehead atoms. The smallest absolute Gasteiger partial charge is 0.335 e. The van der Waals surface area contributed by atoms with Crippen LogP contribution >= 0.6 is 0 Å². The molecule has 21 heavy (non-hydrogen) atoms. The van der Waals surface area contributed by atoms with Crippen LogP contribution in [0.1, 0.15) is 10.4 Å². The zero-order valence-corrected chi connectivity index (χ0v) is 11.8. The third kappa shape index (κ3) is 3.38. The maximum Gasteiger partial charge on any atom is 0.335 e. The van der Waals surface area contributed by atoms with Crippen LogP contribution < -0.4 is 4.31 Å². The number of sulfonamides is 1. The molecule has 7 heteroatoms. The van der Waals surface area contributed by atoms with Gasteiger partial charge in [0, 0.05) is 0 Å². The number of hydrogen-bond donors (Lipinski definition) is 1. The van der Waals surface area contributed by atoms with Gasteiger partial charge in [-0.15, -0.1) is 0 Å². The molecule has 1 N–H and O–H groups in total. The van der Waals surface area contributed by atoms with Gasteiger partial charge in [0.2, 0.25) is 10.0 Å². The summed E-state index contributed by atoms with van der Waals surface area (Å²) in [6.07, 6.45) is 0.990. The maximum atomic E-state index is 13.0. The molecule has 2 rings (SSSR count). The average Bonchev–Trinajstić information content (AvgIpc) is 2.40. The highest BCUT2D eigenvalue weighted by Crippen LogP contribution is 2.29. The highest BCUT2D eigenvalue weighted by Gasteiger charge is 2.20. The first-order valence-electron chi connectivity index (χ1n) is 5.88. The van der Waals surface area contributed by atoms with Crippen molar-refractivity contribution >= 4 is 27.4 Å². The summed E-state index contributed by atoms with van der Waals surface area (Å²) in [5.74, 6) is -1.66. The van der Waals surface area contributed by atoms with Crippen molar-refractivity contribution in [2.24, 2.45) is 0 Å². The van der Waals surface area contributed by atoms with E-state index in [2.05, 4.69) is 0 Å². The third-order valence-corrected chi connectivity index (χ3v) is 3.81. The van der Waals surface area contributed by atoms with Crippen molar-refractivity contribution in [3.63, 3.8) is 0 Å². The predicted molar refractivity (Wildman–Crippen MR) is 76.8 cm³/mol. The van der Waals surface area contributed by atoms with Crippen molar-refractivity contribution in [2.75, 3.05) is 10.6 Å². The fourth-order valence-corrected chi connectivity index (χ4v) is 2.87. The molecule has 2 aromatic rings. The Labute approximate surface area is 121 Å². The predicted octanol–water partition coefficient (Wildman–Crippen LogP) is 2.62. The van der Waals surface area contributed by atoms with Crippen LogP contribution in [0.5, 0.6) is 0 Å². The normalized spacial score (nSPS) is 11.1. The minimum atomic E-state index is -3.71. The Bertz CT molecular complexity index is 772. The molecular weight excluding hydrogens is 297 g/mol. The quantitative estimate of drug-likeness (QED) is 0.942. The van der Waals surface area contributed by atoms with Crippen LogP contribution in [-0.2, 0) is 10.0 Å². The molecule has 0 radical (unpaired) electrons. The lowest BCUT2D eigenvalue weighted by Gasteiger charge is -2.22. The lowest BCUT2D eigenvalue weighted by atomic mass is 10.2. The highest BCUT2D eigenvalue weighted by atomic mass is 32.2. The van der Waals surface area contributed by atoms with E-state index >= 15 is 0 Å². The second-order valence-electron chi connectivity index (χ2n) is 4.36. The van der Waals surface area contributed by atoms with E-state index in [1.165, 1.54) is 36.4 Å². The molecule has 0 amide bonds. The van der Waals surface area contributed by atoms with Crippen LogP contribution in [-0.4, -0.2) is 25.7 Å². The molecule has 0 aliphatic carbocycles. The molecule has 2 aromatic carbocycles. The van der Waals surface area contributed by atoms with Gasteiger partial charge in [-0.1, -0.05) is 6.07 Å². The first-order valence-corrected chi connectivity index (χ1v) is 7.73. The van der Waals surface area contributed by atoms with E-state index < -0.39 is 21.8 Å². The first kappa shape index (κ1) is 15.0. The van der Waals surface area contributed by atoms with Gasteiger partial charge in [0.1, 0.15) is 5.82 Å². The molecule has 0 heterocycles. The Hall–Kier alpha value is -2.41. The summed E-state index contributed by atoms with van der Waals surface area (Å²) in [4.78, 5) is 11.0. The lowest BCUT2D eigenvalue weighted by molar-refractivity contribution is 0.0697. The molecule has 0 saturated carbocycles. The number of carboxylic acid groups (broad SMARTS) is 1. The molecule has 5 nitrogen and oxygen atoms in total. The van der Waals surface area contributed by atoms with Crippen molar-refractivity contribution in [1.82, 2.24) is 0 Å². The summed E-state index contributed by atoms with van der Waals surface area (Å²) in [5, 5.41) is 8.98. The van der Waals surface area contributed by atoms with Gasteiger partial charge in [0.05, 0.1) is 23.2 Å². The number of anilines is 2. The standard InChI is InChI=1S/C14H12FNO4S/c1-21(19,20)16(12-7-5-11(15)6-8-12)13-4-2-3-10(9-13)14(17)18/h2-9H,1H3,(H,17,18). The van der Waals surface area contributed by atoms with Crippen LogP contribution in [0.25, 0.3) is 0 Å².